The van der Waals surface area contributed by atoms with Gasteiger partial charge in [0.25, 0.3) is 0 Å². The lowest BCUT2D eigenvalue weighted by Crippen LogP contribution is -2.23. The lowest BCUT2D eigenvalue weighted by Gasteiger charge is -2.18. The maximum Gasteiger partial charge on any atom is 0.0701 e. The van der Waals surface area contributed by atoms with E-state index < -0.39 is 0 Å². The van der Waals surface area contributed by atoms with Crippen LogP contribution in [0.3, 0.4) is 0 Å². The maximum atomic E-state index is 5.77. The summed E-state index contributed by atoms with van der Waals surface area (Å²) in [6.07, 6.45) is 9.40. The van der Waals surface area contributed by atoms with Crippen LogP contribution in [0.1, 0.15) is 88.3 Å². The number of unbranched alkanes of at least 4 members (excludes halogenated alkanes) is 3. The molecule has 1 heterocycles. The van der Waals surface area contributed by atoms with Gasteiger partial charge in [-0.25, -0.2) is 0 Å². The number of fused-ring (bicyclic) bond motifs is 1. The van der Waals surface area contributed by atoms with Crippen LogP contribution in [0, 0.1) is 0 Å². The van der Waals surface area contributed by atoms with Crippen molar-refractivity contribution >= 4 is 0 Å². The summed E-state index contributed by atoms with van der Waals surface area (Å²) in [5.41, 5.74) is 4.61. The second-order valence-corrected chi connectivity index (χ2v) is 8.65. The molecule has 0 saturated carbocycles. The predicted octanol–water partition coefficient (Wildman–Crippen LogP) is 5.50. The van der Waals surface area contributed by atoms with Gasteiger partial charge in [-0.2, -0.15) is 0 Å². The fourth-order valence-corrected chi connectivity index (χ4v) is 4.38. The minimum Gasteiger partial charge on any atom is -0.378 e. The van der Waals surface area contributed by atoms with Gasteiger partial charge in [-0.15, -0.1) is 0 Å². The Morgan fingerprint density at radius 2 is 1.67 bits per heavy atom. The van der Waals surface area contributed by atoms with E-state index in [1.54, 1.807) is 5.56 Å². The molecule has 0 spiro atoms. The van der Waals surface area contributed by atoms with Crippen molar-refractivity contribution in [2.24, 2.45) is 0 Å². The van der Waals surface area contributed by atoms with Gasteiger partial charge in [-0.3, -0.25) is 4.90 Å². The molecule has 30 heavy (non-hydrogen) atoms. The molecule has 1 N–H and O–H groups in total. The topological polar surface area (TPSA) is 33.7 Å². The van der Waals surface area contributed by atoms with Gasteiger partial charge in [0.05, 0.1) is 26.4 Å². The average molecular weight is 419 g/mol. The van der Waals surface area contributed by atoms with Crippen molar-refractivity contribution in [3.05, 3.63) is 34.9 Å². The van der Waals surface area contributed by atoms with Gasteiger partial charge in [-0.05, 0) is 42.0 Å². The molecule has 0 amide bonds. The molecule has 0 aliphatic carbocycles. The molecule has 1 aromatic rings. The first kappa shape index (κ1) is 25.3. The zero-order valence-corrected chi connectivity index (χ0v) is 19.9. The minimum atomic E-state index is 0.687. The predicted molar refractivity (Wildman–Crippen MR) is 127 cm³/mol. The van der Waals surface area contributed by atoms with Crippen molar-refractivity contribution in [3.8, 4) is 0 Å². The van der Waals surface area contributed by atoms with E-state index in [0.717, 1.165) is 51.9 Å². The molecule has 0 saturated heterocycles. The number of ether oxygens (including phenoxy) is 2. The zero-order chi connectivity index (χ0) is 21.4. The summed E-state index contributed by atoms with van der Waals surface area (Å²) in [6.45, 7) is 14.7. The van der Waals surface area contributed by atoms with Gasteiger partial charge in [0.2, 0.25) is 0 Å². The molecule has 0 radical (unpaired) electrons. The Balaban J connectivity index is 1.69. The van der Waals surface area contributed by atoms with Gasteiger partial charge in [0.15, 0.2) is 0 Å². The fraction of sp³-hybridized carbons (Fsp3) is 0.769. The second-order valence-electron chi connectivity index (χ2n) is 8.65. The van der Waals surface area contributed by atoms with Gasteiger partial charge in [0, 0.05) is 26.2 Å². The lowest BCUT2D eigenvalue weighted by atomic mass is 9.88. The first-order valence-corrected chi connectivity index (χ1v) is 12.5. The van der Waals surface area contributed by atoms with Crippen LogP contribution in [0.25, 0.3) is 0 Å². The second kappa shape index (κ2) is 15.8. The highest BCUT2D eigenvalue weighted by molar-refractivity contribution is 5.36. The van der Waals surface area contributed by atoms with Crippen molar-refractivity contribution in [2.45, 2.75) is 84.7 Å². The van der Waals surface area contributed by atoms with Crippen LogP contribution in [0.15, 0.2) is 18.2 Å². The highest BCUT2D eigenvalue weighted by Gasteiger charge is 2.20. The van der Waals surface area contributed by atoms with Crippen LogP contribution in [0.2, 0.25) is 0 Å². The third-order valence-electron chi connectivity index (χ3n) is 6.13. The van der Waals surface area contributed by atoms with Crippen LogP contribution in [-0.2, 0) is 22.6 Å². The van der Waals surface area contributed by atoms with Gasteiger partial charge in [0.1, 0.15) is 0 Å². The number of hydrogen-bond donors (Lipinski definition) is 1. The smallest absolute Gasteiger partial charge is 0.0701 e. The molecular weight excluding hydrogens is 372 g/mol. The normalized spacial score (nSPS) is 14.9. The Morgan fingerprint density at radius 1 is 0.867 bits per heavy atom. The molecule has 0 bridgehead atoms. The monoisotopic (exact) mass is 418 g/mol. The standard InChI is InChI=1S/C26H46N2O2/c1-4-7-8-9-11-23(10-5-2)24-12-13-25-21-28(22-26(25)20-24)15-17-30-19-18-29-16-14-27-6-3/h12-13,20,23,27H,4-11,14-19,21-22H2,1-3H3. The van der Waals surface area contributed by atoms with Crippen molar-refractivity contribution in [1.82, 2.24) is 10.2 Å². The quantitative estimate of drug-likeness (QED) is 0.319. The molecule has 4 nitrogen and oxygen atoms in total. The first-order valence-electron chi connectivity index (χ1n) is 12.5. The molecule has 1 aliphatic heterocycles. The van der Waals surface area contributed by atoms with E-state index in [4.69, 9.17) is 9.47 Å². The van der Waals surface area contributed by atoms with Crippen LogP contribution in [0.4, 0.5) is 0 Å². The number of nitrogens with zero attached hydrogens (tertiary/aromatic N) is 1. The molecular formula is C26H46N2O2. The van der Waals surface area contributed by atoms with E-state index >= 15 is 0 Å². The number of likely N-dealkylation sites (N-methyl/N-ethyl adjacent to an activating group) is 1. The van der Waals surface area contributed by atoms with E-state index in [1.165, 1.54) is 56.1 Å². The highest BCUT2D eigenvalue weighted by Crippen LogP contribution is 2.31. The summed E-state index contributed by atoms with van der Waals surface area (Å²) in [5.74, 6) is 0.738. The Labute approximate surface area is 185 Å². The third-order valence-corrected chi connectivity index (χ3v) is 6.13. The fourth-order valence-electron chi connectivity index (χ4n) is 4.38. The number of hydrogen-bond acceptors (Lipinski definition) is 4. The van der Waals surface area contributed by atoms with Gasteiger partial charge in [-0.1, -0.05) is 71.1 Å². The molecule has 4 heteroatoms. The van der Waals surface area contributed by atoms with Crippen LogP contribution < -0.4 is 5.32 Å². The summed E-state index contributed by atoms with van der Waals surface area (Å²) in [5, 5.41) is 3.26. The molecule has 0 fully saturated rings. The van der Waals surface area contributed by atoms with Crippen LogP contribution in [0.5, 0.6) is 0 Å². The van der Waals surface area contributed by atoms with Crippen molar-refractivity contribution in [3.63, 3.8) is 0 Å². The largest absolute Gasteiger partial charge is 0.378 e. The van der Waals surface area contributed by atoms with Crippen LogP contribution in [-0.4, -0.2) is 51.0 Å². The van der Waals surface area contributed by atoms with E-state index in [9.17, 15) is 0 Å². The van der Waals surface area contributed by atoms with Crippen LogP contribution >= 0.6 is 0 Å². The molecule has 1 aromatic carbocycles. The molecule has 1 aliphatic rings. The van der Waals surface area contributed by atoms with E-state index in [1.807, 2.05) is 0 Å². The zero-order valence-electron chi connectivity index (χ0n) is 19.9. The van der Waals surface area contributed by atoms with Crippen molar-refractivity contribution in [1.29, 1.82) is 0 Å². The van der Waals surface area contributed by atoms with E-state index in [-0.39, 0.29) is 0 Å². The summed E-state index contributed by atoms with van der Waals surface area (Å²) in [4.78, 5) is 2.51. The molecule has 2 rings (SSSR count). The summed E-state index contributed by atoms with van der Waals surface area (Å²) in [7, 11) is 0. The Morgan fingerprint density at radius 3 is 2.43 bits per heavy atom. The Bertz CT molecular complexity index is 564. The number of benzene rings is 1. The highest BCUT2D eigenvalue weighted by atomic mass is 16.5. The SMILES string of the molecule is CCCCCCC(CCC)c1ccc2c(c1)CN(CCOCCOCCNCC)C2. The molecule has 0 aromatic heterocycles. The molecule has 1 unspecified atom stereocenters. The van der Waals surface area contributed by atoms with E-state index in [2.05, 4.69) is 49.2 Å². The van der Waals surface area contributed by atoms with Crippen molar-refractivity contribution in [2.75, 3.05) is 46.1 Å². The molecule has 172 valence electrons. The number of nitrogens with one attached hydrogen (secondary N) is 1. The van der Waals surface area contributed by atoms with Crippen molar-refractivity contribution < 1.29 is 9.47 Å². The first-order chi connectivity index (χ1) is 14.8. The molecule has 1 atom stereocenters. The summed E-state index contributed by atoms with van der Waals surface area (Å²) in [6, 6.07) is 7.30. The number of rotatable bonds is 18. The van der Waals surface area contributed by atoms with E-state index in [0.29, 0.717) is 13.2 Å². The third kappa shape index (κ3) is 9.47. The lowest BCUT2D eigenvalue weighted by molar-refractivity contribution is 0.0392. The van der Waals surface area contributed by atoms with Gasteiger partial charge < -0.3 is 14.8 Å². The summed E-state index contributed by atoms with van der Waals surface area (Å²) < 4.78 is 11.3. The summed E-state index contributed by atoms with van der Waals surface area (Å²) >= 11 is 0. The Hall–Kier alpha value is -0.940. The maximum absolute atomic E-state index is 5.77. The minimum absolute atomic E-state index is 0.687. The van der Waals surface area contributed by atoms with Gasteiger partial charge >= 0.3 is 0 Å². The Kier molecular flexibility index (Phi) is 13.3. The average Bonchev–Trinajstić information content (AvgIpc) is 3.16.